The predicted molar refractivity (Wildman–Crippen MR) is 216 cm³/mol. The molecule has 9 aliphatic rings. The van der Waals surface area contributed by atoms with Gasteiger partial charge in [-0.05, 0) is 87.4 Å². The molecular weight excluding hydrogens is 828 g/mol. The highest BCUT2D eigenvalue weighted by Gasteiger charge is 2.76. The van der Waals surface area contributed by atoms with E-state index in [1.165, 1.54) is 5.57 Å². The number of ether oxygens (including phenoxy) is 8. The third-order valence-corrected chi connectivity index (χ3v) is 17.9. The maximum absolute atomic E-state index is 12.8. The Balaban J connectivity index is 0.887. The predicted octanol–water partition coefficient (Wildman–Crippen LogP) is -0.671. The molecule has 0 bridgehead atoms. The summed E-state index contributed by atoms with van der Waals surface area (Å²) in [6.07, 6.45) is -14.1. The number of fused-ring (bicyclic) bond motifs is 7. The highest BCUT2D eigenvalue weighted by molar-refractivity contribution is 5.29. The van der Waals surface area contributed by atoms with E-state index in [4.69, 9.17) is 37.9 Å². The smallest absolute Gasteiger partial charge is 0.187 e. The number of aliphatic hydroxyl groups is 10. The molecule has 5 aliphatic heterocycles. The molecule has 63 heavy (non-hydrogen) atoms. The SMILES string of the molecule is C[C@@H]1CC[C@@]2(OC1)OC1CC3C4CC=C5C[C@@H](OC6O[C@@H](C)[C@H](O)[C@@H](O)[C@H]6OC6O[C@@H](CO)[C@H](O)[C@@H](O[C@@H]7O[C@H](CO)[C@@H](O)[C@H](O)[C@H]7O)[C@@H]6O)CC[C@]5(C)C4CC[C@]3(C)[C@@]1(O)[C@@H]2C. The van der Waals surface area contributed by atoms with Crippen molar-refractivity contribution < 1.29 is 89.0 Å². The molecule has 5 saturated heterocycles. The van der Waals surface area contributed by atoms with Gasteiger partial charge in [0, 0.05) is 17.8 Å². The summed E-state index contributed by atoms with van der Waals surface area (Å²) in [4.78, 5) is 0. The largest absolute Gasteiger partial charge is 0.394 e. The van der Waals surface area contributed by atoms with Crippen LogP contribution in [0.5, 0.6) is 0 Å². The monoisotopic (exact) mass is 900 g/mol. The van der Waals surface area contributed by atoms with Crippen LogP contribution in [0.15, 0.2) is 11.6 Å². The first-order valence-corrected chi connectivity index (χ1v) is 23.5. The molecule has 3 saturated carbocycles. The minimum Gasteiger partial charge on any atom is -0.394 e. The molecule has 6 unspecified atom stereocenters. The highest BCUT2D eigenvalue weighted by atomic mass is 16.8. The van der Waals surface area contributed by atoms with Crippen molar-refractivity contribution in [3.05, 3.63) is 11.6 Å². The van der Waals surface area contributed by atoms with E-state index in [1.54, 1.807) is 6.92 Å². The molecule has 0 radical (unpaired) electrons. The third kappa shape index (κ3) is 7.35. The fraction of sp³-hybridized carbons (Fsp3) is 0.956. The molecule has 0 aromatic heterocycles. The Morgan fingerprint density at radius 1 is 0.683 bits per heavy atom. The Kier molecular flexibility index (Phi) is 12.9. The zero-order chi connectivity index (χ0) is 45.1. The molecule has 360 valence electrons. The van der Waals surface area contributed by atoms with Crippen LogP contribution >= 0.6 is 0 Å². The quantitative estimate of drug-likeness (QED) is 0.135. The first kappa shape index (κ1) is 47.1. The van der Waals surface area contributed by atoms with E-state index in [0.717, 1.165) is 44.9 Å². The van der Waals surface area contributed by atoms with Crippen LogP contribution in [0.2, 0.25) is 0 Å². The number of aliphatic hydroxyl groups excluding tert-OH is 9. The van der Waals surface area contributed by atoms with Gasteiger partial charge in [0.25, 0.3) is 0 Å². The van der Waals surface area contributed by atoms with Crippen LogP contribution in [0.3, 0.4) is 0 Å². The van der Waals surface area contributed by atoms with Crippen molar-refractivity contribution >= 4 is 0 Å². The van der Waals surface area contributed by atoms with Gasteiger partial charge in [0.2, 0.25) is 0 Å². The third-order valence-electron chi connectivity index (χ3n) is 17.9. The lowest BCUT2D eigenvalue weighted by molar-refractivity contribution is -0.386. The lowest BCUT2D eigenvalue weighted by atomic mass is 9.46. The maximum Gasteiger partial charge on any atom is 0.187 e. The van der Waals surface area contributed by atoms with E-state index < -0.39 is 117 Å². The topological polar surface area (TPSA) is 276 Å². The van der Waals surface area contributed by atoms with Crippen molar-refractivity contribution in [1.82, 2.24) is 0 Å². The summed E-state index contributed by atoms with van der Waals surface area (Å²) in [5.41, 5.74) is -0.0653. The first-order valence-electron chi connectivity index (χ1n) is 23.5. The zero-order valence-corrected chi connectivity index (χ0v) is 37.0. The van der Waals surface area contributed by atoms with Crippen molar-refractivity contribution in [1.29, 1.82) is 0 Å². The Labute approximate surface area is 368 Å². The standard InChI is InChI=1S/C45H72O18/c1-19-8-13-44(56-18-19)21(3)45(55)29(63-44)15-26-24-7-6-22-14-23(9-11-42(22,4)25(24)10-12-43(26,45)5)58-41-38(34(52)30(48)20(2)57-41)62-40-36(54)37(32(50)28(17-47)60-40)61-39-35(53)33(51)31(49)27(16-46)59-39/h6,19-21,23-41,46-55H,7-18H2,1-5H3/t19-,20+,21-,23+,24?,25?,26?,27-,28+,29?,30+,31-,32+,33+,34-,35-,36+,37-,38-,39+,40?,41?,42+,43+,44-,45-/m1/s1. The Bertz CT molecular complexity index is 1660. The summed E-state index contributed by atoms with van der Waals surface area (Å²) in [6, 6.07) is 0. The van der Waals surface area contributed by atoms with E-state index in [1.807, 2.05) is 0 Å². The van der Waals surface area contributed by atoms with Crippen LogP contribution in [0.4, 0.5) is 0 Å². The normalized spacial score (nSPS) is 58.1. The summed E-state index contributed by atoms with van der Waals surface area (Å²) in [7, 11) is 0. The van der Waals surface area contributed by atoms with Crippen LogP contribution in [0.25, 0.3) is 0 Å². The Hall–Kier alpha value is -0.980. The number of allylic oxidation sites excluding steroid dienone is 1. The molecule has 10 N–H and O–H groups in total. The van der Waals surface area contributed by atoms with Gasteiger partial charge in [0.1, 0.15) is 72.7 Å². The minimum atomic E-state index is -1.87. The van der Waals surface area contributed by atoms with Crippen molar-refractivity contribution in [2.45, 2.75) is 208 Å². The van der Waals surface area contributed by atoms with Gasteiger partial charge < -0.3 is 89.0 Å². The summed E-state index contributed by atoms with van der Waals surface area (Å²) < 4.78 is 49.1. The molecule has 9 rings (SSSR count). The minimum absolute atomic E-state index is 0.0940. The van der Waals surface area contributed by atoms with Gasteiger partial charge in [-0.3, -0.25) is 0 Å². The molecule has 1 spiro atoms. The zero-order valence-electron chi connectivity index (χ0n) is 37.0. The average molecular weight is 901 g/mol. The van der Waals surface area contributed by atoms with Gasteiger partial charge in [-0.25, -0.2) is 0 Å². The van der Waals surface area contributed by atoms with Crippen LogP contribution in [0.1, 0.15) is 92.4 Å². The van der Waals surface area contributed by atoms with E-state index in [9.17, 15) is 51.1 Å². The molecular formula is C45H72O18. The second-order valence-corrected chi connectivity index (χ2v) is 21.2. The van der Waals surface area contributed by atoms with Gasteiger partial charge >= 0.3 is 0 Å². The lowest BCUT2D eigenvalue weighted by Crippen LogP contribution is -2.66. The number of hydrogen-bond donors (Lipinski definition) is 10. The van der Waals surface area contributed by atoms with Gasteiger partial charge in [0.05, 0.1) is 38.1 Å². The van der Waals surface area contributed by atoms with Crippen molar-refractivity contribution in [2.75, 3.05) is 19.8 Å². The van der Waals surface area contributed by atoms with Gasteiger partial charge in [0.15, 0.2) is 24.7 Å². The maximum atomic E-state index is 12.8. The van der Waals surface area contributed by atoms with Crippen molar-refractivity contribution in [3.63, 3.8) is 0 Å². The second-order valence-electron chi connectivity index (χ2n) is 21.2. The summed E-state index contributed by atoms with van der Waals surface area (Å²) >= 11 is 0. The highest BCUT2D eigenvalue weighted by Crippen LogP contribution is 2.72. The number of rotatable bonds is 8. The second kappa shape index (κ2) is 17.2. The van der Waals surface area contributed by atoms with Gasteiger partial charge in [-0.1, -0.05) is 39.3 Å². The van der Waals surface area contributed by atoms with E-state index in [0.29, 0.717) is 43.1 Å². The summed E-state index contributed by atoms with van der Waals surface area (Å²) in [6.45, 7) is 9.74. The van der Waals surface area contributed by atoms with Crippen molar-refractivity contribution in [2.24, 2.45) is 40.4 Å². The van der Waals surface area contributed by atoms with Crippen LogP contribution < -0.4 is 0 Å². The van der Waals surface area contributed by atoms with Crippen LogP contribution in [-0.4, -0.2) is 187 Å². The fourth-order valence-corrected chi connectivity index (χ4v) is 13.9. The number of hydrogen-bond acceptors (Lipinski definition) is 18. The van der Waals surface area contributed by atoms with Crippen LogP contribution in [0, 0.1) is 40.4 Å². The molecule has 8 fully saturated rings. The summed E-state index contributed by atoms with van der Waals surface area (Å²) in [5.74, 6) is 0.716. The molecule has 26 atom stereocenters. The molecule has 0 aromatic rings. The molecule has 4 aliphatic carbocycles. The molecule has 0 aromatic carbocycles. The van der Waals surface area contributed by atoms with E-state index in [2.05, 4.69) is 33.8 Å². The summed E-state index contributed by atoms with van der Waals surface area (Å²) in [5, 5.41) is 109. The lowest BCUT2D eigenvalue weighted by Gasteiger charge is -2.60. The average Bonchev–Trinajstić information content (AvgIpc) is 3.62. The molecule has 0 amide bonds. The fourth-order valence-electron chi connectivity index (χ4n) is 13.9. The van der Waals surface area contributed by atoms with Gasteiger partial charge in [-0.2, -0.15) is 0 Å². The first-order chi connectivity index (χ1) is 29.8. The molecule has 18 nitrogen and oxygen atoms in total. The van der Waals surface area contributed by atoms with Gasteiger partial charge in [-0.15, -0.1) is 0 Å². The van der Waals surface area contributed by atoms with E-state index in [-0.39, 0.29) is 29.0 Å². The van der Waals surface area contributed by atoms with Crippen molar-refractivity contribution in [3.8, 4) is 0 Å². The Morgan fingerprint density at radius 3 is 2.05 bits per heavy atom. The molecule has 5 heterocycles. The Morgan fingerprint density at radius 2 is 1.37 bits per heavy atom. The van der Waals surface area contributed by atoms with E-state index >= 15 is 0 Å². The molecule has 18 heteroatoms. The van der Waals surface area contributed by atoms with Crippen LogP contribution in [-0.2, 0) is 37.9 Å².